The van der Waals surface area contributed by atoms with Crippen LogP contribution in [0.5, 0.6) is 0 Å². The van der Waals surface area contributed by atoms with E-state index >= 15 is 0 Å². The Hall–Kier alpha value is -4.30. The number of benzene rings is 1. The molecule has 1 aliphatic heterocycles. The van der Waals surface area contributed by atoms with E-state index in [1.807, 2.05) is 25.1 Å². The average molecular weight is 428 g/mol. The first-order valence-electron chi connectivity index (χ1n) is 10.1. The number of fused-ring (bicyclic) bond motifs is 1. The molecule has 0 radical (unpaired) electrons. The zero-order valence-corrected chi connectivity index (χ0v) is 17.8. The first-order valence-corrected chi connectivity index (χ1v) is 10.1. The third-order valence-corrected chi connectivity index (χ3v) is 5.03. The van der Waals surface area contributed by atoms with E-state index in [4.69, 9.17) is 0 Å². The Balaban J connectivity index is 1.82. The lowest BCUT2D eigenvalue weighted by Gasteiger charge is -2.21. The molecule has 0 fully saturated rings. The molecular weight excluding hydrogens is 408 g/mol. The van der Waals surface area contributed by atoms with Crippen molar-refractivity contribution in [1.29, 1.82) is 0 Å². The Labute approximate surface area is 184 Å². The number of allylic oxidation sites excluding steroid dienone is 1. The molecule has 3 heterocycles. The Morgan fingerprint density at radius 2 is 1.97 bits per heavy atom. The van der Waals surface area contributed by atoms with Gasteiger partial charge in [-0.25, -0.2) is 14.8 Å². The average Bonchev–Trinajstić information content (AvgIpc) is 3.37. The maximum absolute atomic E-state index is 12.5. The Morgan fingerprint density at radius 1 is 1.19 bits per heavy atom. The maximum Gasteiger partial charge on any atom is 0.219 e. The number of nitrogens with zero attached hydrogens (tertiary/aromatic N) is 8. The summed E-state index contributed by atoms with van der Waals surface area (Å²) >= 11 is 0. The molecular formula is C22H20N8O2. The van der Waals surface area contributed by atoms with Crippen molar-refractivity contribution in [3.05, 3.63) is 54.3 Å². The summed E-state index contributed by atoms with van der Waals surface area (Å²) in [5.41, 5.74) is 3.31. The van der Waals surface area contributed by atoms with Crippen molar-refractivity contribution in [2.24, 2.45) is 10.1 Å². The molecule has 160 valence electrons. The SMILES string of the molecule is CCN(CC)c1ccc(N=C2C(C(=O)C=C=O)=Nn3c2nnc3-c2cnccn2)c(C)c1. The second-order valence-corrected chi connectivity index (χ2v) is 6.93. The fourth-order valence-corrected chi connectivity index (χ4v) is 3.41. The maximum atomic E-state index is 12.5. The quantitative estimate of drug-likeness (QED) is 0.418. The standard InChI is InChI=1S/C22H20N8O2/c1-4-29(5-2)15-6-7-16(14(3)12-15)25-20-19(18(32)8-11-31)28-30-21(26-27-22(20)30)17-13-23-9-10-24-17/h6-10,12-13H,4-5H2,1-3H3. The van der Waals surface area contributed by atoms with Gasteiger partial charge >= 0.3 is 0 Å². The third kappa shape index (κ3) is 3.75. The monoisotopic (exact) mass is 428 g/mol. The van der Waals surface area contributed by atoms with Crippen LogP contribution in [0, 0.1) is 6.92 Å². The molecule has 1 aliphatic rings. The molecule has 0 spiro atoms. The summed E-state index contributed by atoms with van der Waals surface area (Å²) in [6.45, 7) is 7.92. The van der Waals surface area contributed by atoms with Crippen LogP contribution in [-0.4, -0.2) is 61.1 Å². The summed E-state index contributed by atoms with van der Waals surface area (Å²) in [5.74, 6) is 1.48. The number of hydrogen-bond donors (Lipinski definition) is 0. The van der Waals surface area contributed by atoms with Gasteiger partial charge in [-0.1, -0.05) is 0 Å². The van der Waals surface area contributed by atoms with Gasteiger partial charge < -0.3 is 4.90 Å². The zero-order chi connectivity index (χ0) is 22.7. The van der Waals surface area contributed by atoms with Crippen molar-refractivity contribution >= 4 is 34.5 Å². The van der Waals surface area contributed by atoms with Gasteiger partial charge in [0.25, 0.3) is 0 Å². The summed E-state index contributed by atoms with van der Waals surface area (Å²) in [6, 6.07) is 5.91. The first-order chi connectivity index (χ1) is 15.6. The van der Waals surface area contributed by atoms with Crippen molar-refractivity contribution in [1.82, 2.24) is 24.8 Å². The second kappa shape index (κ2) is 8.83. The number of ketones is 1. The minimum Gasteiger partial charge on any atom is -0.372 e. The predicted molar refractivity (Wildman–Crippen MR) is 120 cm³/mol. The predicted octanol–water partition coefficient (Wildman–Crippen LogP) is 2.19. The number of aryl methyl sites for hydroxylation is 1. The summed E-state index contributed by atoms with van der Waals surface area (Å²) in [6.07, 6.45) is 5.36. The molecule has 0 unspecified atom stereocenters. The van der Waals surface area contributed by atoms with E-state index in [2.05, 4.69) is 49.0 Å². The van der Waals surface area contributed by atoms with Gasteiger partial charge in [-0.15, -0.1) is 10.2 Å². The molecule has 0 saturated heterocycles. The lowest BCUT2D eigenvalue weighted by Crippen LogP contribution is -2.22. The number of aliphatic imine (C=N–C) groups is 1. The van der Waals surface area contributed by atoms with Gasteiger partial charge in [-0.2, -0.15) is 9.78 Å². The summed E-state index contributed by atoms with van der Waals surface area (Å²) in [5, 5.41) is 12.6. The van der Waals surface area contributed by atoms with E-state index in [-0.39, 0.29) is 17.2 Å². The van der Waals surface area contributed by atoms with E-state index in [1.165, 1.54) is 29.2 Å². The largest absolute Gasteiger partial charge is 0.372 e. The molecule has 0 atom stereocenters. The lowest BCUT2D eigenvalue weighted by molar-refractivity contribution is -0.108. The molecule has 0 amide bonds. The highest BCUT2D eigenvalue weighted by Crippen LogP contribution is 2.28. The molecule has 0 N–H and O–H groups in total. The normalized spacial score (nSPS) is 13.5. The van der Waals surface area contributed by atoms with Crippen LogP contribution in [0.25, 0.3) is 11.5 Å². The lowest BCUT2D eigenvalue weighted by atomic mass is 10.1. The molecule has 10 heteroatoms. The van der Waals surface area contributed by atoms with Gasteiger partial charge in [-0.3, -0.25) is 9.78 Å². The minimum absolute atomic E-state index is 0.0180. The fourth-order valence-electron chi connectivity index (χ4n) is 3.41. The van der Waals surface area contributed by atoms with Crippen molar-refractivity contribution in [3.63, 3.8) is 0 Å². The van der Waals surface area contributed by atoms with Gasteiger partial charge in [0.05, 0.1) is 18.0 Å². The van der Waals surface area contributed by atoms with Crippen LogP contribution >= 0.6 is 0 Å². The summed E-state index contributed by atoms with van der Waals surface area (Å²) in [7, 11) is 0. The Bertz CT molecular complexity index is 1280. The first kappa shape index (κ1) is 21.0. The van der Waals surface area contributed by atoms with Crippen molar-refractivity contribution < 1.29 is 9.59 Å². The van der Waals surface area contributed by atoms with E-state index in [1.54, 1.807) is 0 Å². The van der Waals surface area contributed by atoms with Crippen LogP contribution in [0.1, 0.15) is 25.2 Å². The fraction of sp³-hybridized carbons (Fsp3) is 0.227. The highest BCUT2D eigenvalue weighted by atomic mass is 16.1. The van der Waals surface area contributed by atoms with Gasteiger partial charge in [0, 0.05) is 31.2 Å². The number of hydrogen-bond acceptors (Lipinski definition) is 9. The number of carbonyl (C=O) groups is 1. The summed E-state index contributed by atoms with van der Waals surface area (Å²) in [4.78, 5) is 38.5. The molecule has 2 aromatic heterocycles. The molecule has 32 heavy (non-hydrogen) atoms. The zero-order valence-electron chi connectivity index (χ0n) is 17.8. The number of aromatic nitrogens is 5. The molecule has 3 aromatic rings. The van der Waals surface area contributed by atoms with Crippen molar-refractivity contribution in [3.8, 4) is 11.5 Å². The van der Waals surface area contributed by atoms with Gasteiger partial charge in [0.1, 0.15) is 17.3 Å². The molecule has 0 bridgehead atoms. The molecule has 0 saturated carbocycles. The van der Waals surface area contributed by atoms with Gasteiger partial charge in [-0.05, 0) is 44.5 Å². The second-order valence-electron chi connectivity index (χ2n) is 6.93. The van der Waals surface area contributed by atoms with Gasteiger partial charge in [0.15, 0.2) is 5.71 Å². The van der Waals surface area contributed by atoms with Crippen LogP contribution in [-0.2, 0) is 9.59 Å². The Kier molecular flexibility index (Phi) is 5.78. The third-order valence-electron chi connectivity index (χ3n) is 5.03. The van der Waals surface area contributed by atoms with Crippen molar-refractivity contribution in [2.45, 2.75) is 20.8 Å². The van der Waals surface area contributed by atoms with E-state index < -0.39 is 5.78 Å². The Morgan fingerprint density at radius 3 is 2.62 bits per heavy atom. The van der Waals surface area contributed by atoms with E-state index in [0.717, 1.165) is 30.4 Å². The van der Waals surface area contributed by atoms with Gasteiger partial charge in [0.2, 0.25) is 17.4 Å². The van der Waals surface area contributed by atoms with Crippen LogP contribution < -0.4 is 4.90 Å². The molecule has 1 aromatic carbocycles. The minimum atomic E-state index is -0.619. The molecule has 10 nitrogen and oxygen atoms in total. The van der Waals surface area contributed by atoms with E-state index in [9.17, 15) is 9.59 Å². The highest BCUT2D eigenvalue weighted by molar-refractivity contribution is 6.73. The topological polar surface area (TPSA) is 119 Å². The smallest absolute Gasteiger partial charge is 0.219 e. The van der Waals surface area contributed by atoms with Crippen LogP contribution in [0.15, 0.2) is 53.0 Å². The number of anilines is 1. The van der Waals surface area contributed by atoms with Crippen LogP contribution in [0.2, 0.25) is 0 Å². The van der Waals surface area contributed by atoms with Crippen LogP contribution in [0.3, 0.4) is 0 Å². The van der Waals surface area contributed by atoms with Crippen molar-refractivity contribution in [2.75, 3.05) is 18.0 Å². The highest BCUT2D eigenvalue weighted by Gasteiger charge is 2.32. The molecule has 4 rings (SSSR count). The van der Waals surface area contributed by atoms with Crippen LogP contribution in [0.4, 0.5) is 11.4 Å². The summed E-state index contributed by atoms with van der Waals surface area (Å²) < 4.78 is 1.38. The van der Waals surface area contributed by atoms with E-state index in [0.29, 0.717) is 17.2 Å². The number of rotatable bonds is 7. The molecule has 0 aliphatic carbocycles. The number of carbonyl (C=O) groups excluding carboxylic acids is 2.